The van der Waals surface area contributed by atoms with Gasteiger partial charge in [0.15, 0.2) is 9.84 Å². The zero-order valence-corrected chi connectivity index (χ0v) is 19.3. The van der Waals surface area contributed by atoms with Crippen LogP contribution in [0.25, 0.3) is 16.6 Å². The SMILES string of the molecule is CC1(NC(=O)c2cc(F)c3c(c2)c(C(C)(C)O)nn3-c2cccc(OC(F)F)c2)CS(=O)(=O)C1. The molecule has 0 unspecified atom stereocenters. The molecule has 8 nitrogen and oxygen atoms in total. The van der Waals surface area contributed by atoms with Gasteiger partial charge in [-0.15, -0.1) is 0 Å². The van der Waals surface area contributed by atoms with E-state index in [1.165, 1.54) is 44.2 Å². The number of nitrogens with one attached hydrogen (secondary N) is 1. The summed E-state index contributed by atoms with van der Waals surface area (Å²) in [6.45, 7) is 1.39. The number of hydrogen-bond acceptors (Lipinski definition) is 6. The van der Waals surface area contributed by atoms with Crippen LogP contribution < -0.4 is 10.1 Å². The van der Waals surface area contributed by atoms with E-state index in [0.29, 0.717) is 0 Å². The van der Waals surface area contributed by atoms with E-state index in [0.717, 1.165) is 10.7 Å². The number of sulfone groups is 1. The van der Waals surface area contributed by atoms with Crippen LogP contribution in [0.2, 0.25) is 0 Å². The highest BCUT2D eigenvalue weighted by molar-refractivity contribution is 7.93. The summed E-state index contributed by atoms with van der Waals surface area (Å²) in [6.07, 6.45) is 0. The van der Waals surface area contributed by atoms with Crippen molar-refractivity contribution in [1.29, 1.82) is 0 Å². The molecule has 1 aromatic heterocycles. The van der Waals surface area contributed by atoms with Crippen molar-refractivity contribution < 1.29 is 36.2 Å². The normalized spacial score (nSPS) is 16.9. The quantitative estimate of drug-likeness (QED) is 0.542. The molecule has 0 atom stereocenters. The Morgan fingerprint density at radius 2 is 1.94 bits per heavy atom. The van der Waals surface area contributed by atoms with Crippen LogP contribution in [-0.2, 0) is 15.4 Å². The fraction of sp³-hybridized carbons (Fsp3) is 0.364. The van der Waals surface area contributed by atoms with Gasteiger partial charge in [0.05, 0.1) is 22.7 Å². The van der Waals surface area contributed by atoms with Gasteiger partial charge in [0, 0.05) is 17.0 Å². The number of aromatic nitrogens is 2. The molecule has 0 saturated carbocycles. The van der Waals surface area contributed by atoms with E-state index in [4.69, 9.17) is 0 Å². The summed E-state index contributed by atoms with van der Waals surface area (Å²) >= 11 is 0. The number of amides is 1. The molecule has 12 heteroatoms. The molecule has 4 rings (SSSR count). The van der Waals surface area contributed by atoms with Gasteiger partial charge in [0.1, 0.15) is 28.4 Å². The molecular weight excluding hydrogens is 475 g/mol. The van der Waals surface area contributed by atoms with Crippen LogP contribution in [0.1, 0.15) is 36.8 Å². The lowest BCUT2D eigenvalue weighted by atomic mass is 9.99. The van der Waals surface area contributed by atoms with Crippen molar-refractivity contribution in [3.63, 3.8) is 0 Å². The van der Waals surface area contributed by atoms with Gasteiger partial charge < -0.3 is 15.2 Å². The maximum absolute atomic E-state index is 15.3. The minimum absolute atomic E-state index is 0.0497. The standard InChI is InChI=1S/C22H22F3N3O5S/c1-21(2,30)18-15-7-12(19(29)26-22(3)10-34(31,32)11-22)8-16(23)17(15)28(27-18)13-5-4-6-14(9-13)33-20(24)25/h4-9,20,30H,10-11H2,1-3H3,(H,26,29). The molecule has 1 saturated heterocycles. The Balaban J connectivity index is 1.81. The van der Waals surface area contributed by atoms with Crippen LogP contribution in [0.5, 0.6) is 5.75 Å². The number of carbonyl (C=O) groups is 1. The zero-order chi connectivity index (χ0) is 25.1. The number of aliphatic hydroxyl groups is 1. The third-order valence-electron chi connectivity index (χ3n) is 5.35. The van der Waals surface area contributed by atoms with Gasteiger partial charge in [-0.2, -0.15) is 13.9 Å². The van der Waals surface area contributed by atoms with Gasteiger partial charge in [-0.1, -0.05) is 6.07 Å². The minimum Gasteiger partial charge on any atom is -0.435 e. The first-order valence-corrected chi connectivity index (χ1v) is 12.0. The molecule has 1 amide bonds. The van der Waals surface area contributed by atoms with E-state index >= 15 is 4.39 Å². The second-order valence-electron chi connectivity index (χ2n) is 9.10. The largest absolute Gasteiger partial charge is 0.435 e. The second kappa shape index (κ2) is 7.98. The van der Waals surface area contributed by atoms with E-state index in [9.17, 15) is 27.1 Å². The Morgan fingerprint density at radius 3 is 2.53 bits per heavy atom. The molecule has 2 heterocycles. The van der Waals surface area contributed by atoms with E-state index < -0.39 is 39.3 Å². The minimum atomic E-state index is -3.22. The molecule has 34 heavy (non-hydrogen) atoms. The third kappa shape index (κ3) is 4.60. The third-order valence-corrected chi connectivity index (χ3v) is 7.51. The fourth-order valence-electron chi connectivity index (χ4n) is 4.11. The molecule has 0 radical (unpaired) electrons. The highest BCUT2D eigenvalue weighted by atomic mass is 32.2. The number of halogens is 3. The Bertz CT molecular complexity index is 1380. The number of fused-ring (bicyclic) bond motifs is 1. The molecule has 0 bridgehead atoms. The fourth-order valence-corrected chi connectivity index (χ4v) is 6.11. The van der Waals surface area contributed by atoms with Crippen molar-refractivity contribution >= 4 is 26.6 Å². The summed E-state index contributed by atoms with van der Waals surface area (Å²) in [4.78, 5) is 12.8. The topological polar surface area (TPSA) is 111 Å². The number of rotatable bonds is 6. The summed E-state index contributed by atoms with van der Waals surface area (Å²) < 4.78 is 69.2. The van der Waals surface area contributed by atoms with E-state index in [1.54, 1.807) is 6.92 Å². The molecule has 1 aliphatic heterocycles. The summed E-state index contributed by atoms with van der Waals surface area (Å²) in [5, 5.41) is 17.7. The van der Waals surface area contributed by atoms with Crippen LogP contribution >= 0.6 is 0 Å². The number of alkyl halides is 2. The maximum atomic E-state index is 15.3. The Hall–Kier alpha value is -3.12. The number of benzene rings is 2. The van der Waals surface area contributed by atoms with Gasteiger partial charge in [-0.25, -0.2) is 17.5 Å². The number of nitrogens with zero attached hydrogens (tertiary/aromatic N) is 2. The first-order chi connectivity index (χ1) is 15.7. The van der Waals surface area contributed by atoms with Crippen molar-refractivity contribution in [2.75, 3.05) is 11.5 Å². The van der Waals surface area contributed by atoms with Crippen LogP contribution in [-0.4, -0.2) is 52.9 Å². The van der Waals surface area contributed by atoms with Gasteiger partial charge in [0.2, 0.25) is 0 Å². The van der Waals surface area contributed by atoms with Crippen molar-refractivity contribution in [2.45, 2.75) is 38.5 Å². The van der Waals surface area contributed by atoms with Crippen LogP contribution in [0.15, 0.2) is 36.4 Å². The number of ether oxygens (including phenoxy) is 1. The molecule has 2 aromatic carbocycles. The van der Waals surface area contributed by atoms with Crippen molar-refractivity contribution in [3.05, 3.63) is 53.5 Å². The monoisotopic (exact) mass is 497 g/mol. The average Bonchev–Trinajstić information content (AvgIpc) is 3.06. The van der Waals surface area contributed by atoms with Gasteiger partial charge in [-0.05, 0) is 45.0 Å². The van der Waals surface area contributed by atoms with Gasteiger partial charge >= 0.3 is 6.61 Å². The van der Waals surface area contributed by atoms with Crippen LogP contribution in [0.4, 0.5) is 13.2 Å². The zero-order valence-electron chi connectivity index (χ0n) is 18.5. The lowest BCUT2D eigenvalue weighted by Gasteiger charge is -2.38. The van der Waals surface area contributed by atoms with Gasteiger partial charge in [0.25, 0.3) is 5.91 Å². The first-order valence-electron chi connectivity index (χ1n) is 10.2. The van der Waals surface area contributed by atoms with Crippen LogP contribution in [0, 0.1) is 5.82 Å². The molecule has 0 spiro atoms. The number of carbonyl (C=O) groups excluding carboxylic acids is 1. The van der Waals surface area contributed by atoms with E-state index in [2.05, 4.69) is 15.2 Å². The molecule has 182 valence electrons. The Labute approximate surface area is 193 Å². The summed E-state index contributed by atoms with van der Waals surface area (Å²) in [7, 11) is -3.22. The second-order valence-corrected chi connectivity index (χ2v) is 11.2. The molecule has 3 aromatic rings. The predicted molar refractivity (Wildman–Crippen MR) is 117 cm³/mol. The molecule has 1 aliphatic rings. The van der Waals surface area contributed by atoms with E-state index in [1.807, 2.05) is 0 Å². The van der Waals surface area contributed by atoms with Crippen molar-refractivity contribution in [1.82, 2.24) is 15.1 Å². The summed E-state index contributed by atoms with van der Waals surface area (Å²) in [6, 6.07) is 7.79. The first kappa shape index (κ1) is 24.0. The molecule has 1 fully saturated rings. The number of hydrogen-bond donors (Lipinski definition) is 2. The molecule has 0 aliphatic carbocycles. The smallest absolute Gasteiger partial charge is 0.387 e. The average molecular weight is 497 g/mol. The molecular formula is C22H22F3N3O5S. The highest BCUT2D eigenvalue weighted by Crippen LogP contribution is 2.33. The Kier molecular flexibility index (Phi) is 5.64. The Morgan fingerprint density at radius 1 is 1.26 bits per heavy atom. The summed E-state index contributed by atoms with van der Waals surface area (Å²) in [5.41, 5.74) is -2.43. The van der Waals surface area contributed by atoms with E-state index in [-0.39, 0.29) is 45.1 Å². The predicted octanol–water partition coefficient (Wildman–Crippen LogP) is 2.91. The summed E-state index contributed by atoms with van der Waals surface area (Å²) in [5.74, 6) is -2.14. The van der Waals surface area contributed by atoms with Crippen molar-refractivity contribution in [3.8, 4) is 11.4 Å². The highest BCUT2D eigenvalue weighted by Gasteiger charge is 2.45. The lowest BCUT2D eigenvalue weighted by molar-refractivity contribution is -0.0498. The molecule has 2 N–H and O–H groups in total. The lowest BCUT2D eigenvalue weighted by Crippen LogP contribution is -2.63. The van der Waals surface area contributed by atoms with Crippen molar-refractivity contribution in [2.24, 2.45) is 0 Å². The van der Waals surface area contributed by atoms with Gasteiger partial charge in [-0.3, -0.25) is 4.79 Å². The van der Waals surface area contributed by atoms with Crippen LogP contribution in [0.3, 0.4) is 0 Å². The maximum Gasteiger partial charge on any atom is 0.387 e.